The molecule has 0 aliphatic carbocycles. The molecule has 0 fully saturated rings. The molecule has 0 heterocycles. The molecule has 0 N–H and O–H groups in total. The van der Waals surface area contributed by atoms with E-state index in [1.54, 1.807) is 0 Å². The lowest BCUT2D eigenvalue weighted by molar-refractivity contribution is -0.167. The monoisotopic (exact) mass is 1110 g/mol. The Morgan fingerprint density at radius 1 is 0.266 bits per heavy atom. The Bertz CT molecular complexity index is 1410. The Morgan fingerprint density at radius 2 is 0.519 bits per heavy atom. The third-order valence-corrected chi connectivity index (χ3v) is 15.5. The third-order valence-electron chi connectivity index (χ3n) is 15.5. The molecule has 0 aromatic rings. The van der Waals surface area contributed by atoms with Gasteiger partial charge in [-0.2, -0.15) is 0 Å². The Balaban J connectivity index is 4.15. The molecule has 6 nitrogen and oxygen atoms in total. The fraction of sp³-hybridized carbons (Fsp3) is 0.822. The highest BCUT2D eigenvalue weighted by molar-refractivity contribution is 5.71. The number of ether oxygens (including phenoxy) is 3. The predicted molar refractivity (Wildman–Crippen MR) is 344 cm³/mol. The number of esters is 3. The lowest BCUT2D eigenvalue weighted by Gasteiger charge is -2.18. The molecule has 0 aromatic heterocycles. The summed E-state index contributed by atoms with van der Waals surface area (Å²) >= 11 is 0. The maximum Gasteiger partial charge on any atom is 0.306 e. The smallest absolute Gasteiger partial charge is 0.306 e. The van der Waals surface area contributed by atoms with Gasteiger partial charge in [0, 0.05) is 19.3 Å². The highest BCUT2D eigenvalue weighted by Crippen LogP contribution is 2.18. The lowest BCUT2D eigenvalue weighted by Crippen LogP contribution is -2.30. The van der Waals surface area contributed by atoms with Gasteiger partial charge < -0.3 is 14.2 Å². The van der Waals surface area contributed by atoms with Gasteiger partial charge in [-0.3, -0.25) is 14.4 Å². The minimum Gasteiger partial charge on any atom is -0.462 e. The molecule has 0 rings (SSSR count). The number of hydrogen-bond donors (Lipinski definition) is 0. The lowest BCUT2D eigenvalue weighted by atomic mass is 10.0. The van der Waals surface area contributed by atoms with E-state index >= 15 is 0 Å². The number of allylic oxidation sites excluding steroid dienone is 10. The third kappa shape index (κ3) is 65.8. The summed E-state index contributed by atoms with van der Waals surface area (Å²) in [4.78, 5) is 38.3. The van der Waals surface area contributed by atoms with Gasteiger partial charge in [-0.1, -0.05) is 332 Å². The van der Waals surface area contributed by atoms with Crippen LogP contribution in [0.1, 0.15) is 367 Å². The summed E-state index contributed by atoms with van der Waals surface area (Å²) in [5, 5.41) is 0. The molecule has 0 aliphatic rings. The number of rotatable bonds is 64. The first-order valence-corrected chi connectivity index (χ1v) is 34.8. The average molecular weight is 1110 g/mol. The highest BCUT2D eigenvalue weighted by atomic mass is 16.6. The van der Waals surface area contributed by atoms with Crippen molar-refractivity contribution >= 4 is 17.9 Å². The molecule has 79 heavy (non-hydrogen) atoms. The van der Waals surface area contributed by atoms with Gasteiger partial charge in [-0.15, -0.1) is 0 Å². The molecule has 0 saturated heterocycles. The first-order valence-electron chi connectivity index (χ1n) is 34.8. The van der Waals surface area contributed by atoms with Gasteiger partial charge >= 0.3 is 17.9 Å². The molecule has 0 bridgehead atoms. The Morgan fingerprint density at radius 3 is 0.823 bits per heavy atom. The normalized spacial score (nSPS) is 12.4. The number of carbonyl (C=O) groups is 3. The second kappa shape index (κ2) is 67.6. The summed E-state index contributed by atoms with van der Waals surface area (Å²) in [6.45, 7) is 6.50. The van der Waals surface area contributed by atoms with Crippen molar-refractivity contribution in [3.63, 3.8) is 0 Å². The van der Waals surface area contributed by atoms with Crippen molar-refractivity contribution in [1.29, 1.82) is 0 Å². The molecule has 0 radical (unpaired) electrons. The average Bonchev–Trinajstić information content (AvgIpc) is 3.45. The van der Waals surface area contributed by atoms with Gasteiger partial charge in [0.1, 0.15) is 13.2 Å². The zero-order valence-electron chi connectivity index (χ0n) is 52.9. The fourth-order valence-electron chi connectivity index (χ4n) is 10.3. The van der Waals surface area contributed by atoms with Crippen LogP contribution in [0.5, 0.6) is 0 Å². The quantitative estimate of drug-likeness (QED) is 0.0261. The van der Waals surface area contributed by atoms with Gasteiger partial charge in [0.2, 0.25) is 0 Å². The molecule has 1 unspecified atom stereocenters. The van der Waals surface area contributed by atoms with Crippen molar-refractivity contribution in [3.05, 3.63) is 60.8 Å². The van der Waals surface area contributed by atoms with Crippen molar-refractivity contribution < 1.29 is 28.6 Å². The fourth-order valence-corrected chi connectivity index (χ4v) is 10.3. The minimum atomic E-state index is -0.785. The van der Waals surface area contributed by atoms with E-state index in [2.05, 4.69) is 81.5 Å². The maximum absolute atomic E-state index is 12.9. The van der Waals surface area contributed by atoms with Crippen LogP contribution in [-0.2, 0) is 28.6 Å². The summed E-state index contributed by atoms with van der Waals surface area (Å²) in [6, 6.07) is 0. The Labute approximate surface area is 491 Å². The van der Waals surface area contributed by atoms with Crippen molar-refractivity contribution in [3.8, 4) is 0 Å². The number of carbonyl (C=O) groups excluding carboxylic acids is 3. The van der Waals surface area contributed by atoms with Crippen LogP contribution in [0.25, 0.3) is 0 Å². The van der Waals surface area contributed by atoms with E-state index in [4.69, 9.17) is 14.2 Å². The van der Waals surface area contributed by atoms with E-state index < -0.39 is 6.10 Å². The van der Waals surface area contributed by atoms with Crippen molar-refractivity contribution in [2.75, 3.05) is 13.2 Å². The van der Waals surface area contributed by atoms with Crippen molar-refractivity contribution in [1.82, 2.24) is 0 Å². The molecule has 0 aliphatic heterocycles. The van der Waals surface area contributed by atoms with Crippen LogP contribution in [0.2, 0.25) is 0 Å². The SMILES string of the molecule is CC/C=C\C/C=C\C/C=C\CCCCCCCCCC(=O)OC(COC(=O)CCCCCCC/C=C\C/C=C\CCC)COC(=O)CCCCCCCCCCCCCCCCCCCCCCCCCCCCCCCCC. The minimum absolute atomic E-state index is 0.0799. The van der Waals surface area contributed by atoms with E-state index in [1.807, 2.05) is 0 Å². The first-order chi connectivity index (χ1) is 39.0. The van der Waals surface area contributed by atoms with Crippen LogP contribution in [0.15, 0.2) is 60.8 Å². The molecule has 0 aromatic carbocycles. The Kier molecular flexibility index (Phi) is 65.1. The number of unbranched alkanes of at least 4 members (excludes halogenated alkanes) is 43. The standard InChI is InChI=1S/C73H132O6/c1-4-7-10-13-16-19-22-25-27-29-30-31-32-33-34-35-36-37-38-39-40-41-42-44-45-48-51-54-57-60-63-66-72(75)78-69-70(68-77-71(74)65-62-59-56-53-50-47-24-21-18-15-12-9-6-3)79-73(76)67-64-61-58-55-52-49-46-43-28-26-23-20-17-14-11-8-5-2/h8,11-12,15,17,20-21,24,26,28,70H,4-7,9-10,13-14,16,18-19,22-23,25,27,29-69H2,1-3H3/b11-8-,15-12-,20-17-,24-21-,28-26-. The topological polar surface area (TPSA) is 78.9 Å². The summed E-state index contributed by atoms with van der Waals surface area (Å²) < 4.78 is 16.9. The van der Waals surface area contributed by atoms with Crippen LogP contribution in [0, 0.1) is 0 Å². The van der Waals surface area contributed by atoms with Gasteiger partial charge in [0.25, 0.3) is 0 Å². The molecule has 1 atom stereocenters. The second-order valence-corrected chi connectivity index (χ2v) is 23.4. The largest absolute Gasteiger partial charge is 0.462 e. The number of hydrogen-bond acceptors (Lipinski definition) is 6. The van der Waals surface area contributed by atoms with Gasteiger partial charge in [-0.05, 0) is 77.0 Å². The molecule has 0 amide bonds. The van der Waals surface area contributed by atoms with Gasteiger partial charge in [0.15, 0.2) is 6.10 Å². The van der Waals surface area contributed by atoms with E-state index in [9.17, 15) is 14.4 Å². The van der Waals surface area contributed by atoms with Crippen molar-refractivity contribution in [2.45, 2.75) is 374 Å². The molecule has 0 saturated carbocycles. The second-order valence-electron chi connectivity index (χ2n) is 23.4. The zero-order valence-corrected chi connectivity index (χ0v) is 52.9. The predicted octanol–water partition coefficient (Wildman–Crippen LogP) is 23.9. The molecular formula is C73H132O6. The van der Waals surface area contributed by atoms with E-state index in [0.717, 1.165) is 109 Å². The van der Waals surface area contributed by atoms with Crippen LogP contribution in [0.4, 0.5) is 0 Å². The molecule has 6 heteroatoms. The molecule has 0 spiro atoms. The maximum atomic E-state index is 12.9. The summed E-state index contributed by atoms with van der Waals surface area (Å²) in [7, 11) is 0. The molecular weight excluding hydrogens is 973 g/mol. The Hall–Kier alpha value is -2.89. The van der Waals surface area contributed by atoms with Gasteiger partial charge in [0.05, 0.1) is 0 Å². The first kappa shape index (κ1) is 76.1. The van der Waals surface area contributed by atoms with Crippen LogP contribution in [0.3, 0.4) is 0 Å². The van der Waals surface area contributed by atoms with E-state index in [1.165, 1.54) is 218 Å². The van der Waals surface area contributed by atoms with Crippen LogP contribution in [-0.4, -0.2) is 37.2 Å². The van der Waals surface area contributed by atoms with Crippen LogP contribution < -0.4 is 0 Å². The highest BCUT2D eigenvalue weighted by Gasteiger charge is 2.19. The van der Waals surface area contributed by atoms with Gasteiger partial charge in [-0.25, -0.2) is 0 Å². The van der Waals surface area contributed by atoms with E-state index in [-0.39, 0.29) is 31.1 Å². The van der Waals surface area contributed by atoms with Crippen molar-refractivity contribution in [2.24, 2.45) is 0 Å². The summed E-state index contributed by atoms with van der Waals surface area (Å²) in [5.74, 6) is -0.886. The zero-order chi connectivity index (χ0) is 57.1. The van der Waals surface area contributed by atoms with Crippen LogP contribution >= 0.6 is 0 Å². The summed E-state index contributed by atoms with van der Waals surface area (Å²) in [6.07, 6.45) is 87.0. The molecule has 460 valence electrons. The summed E-state index contributed by atoms with van der Waals surface area (Å²) in [5.41, 5.74) is 0. The van der Waals surface area contributed by atoms with E-state index in [0.29, 0.717) is 19.3 Å².